The van der Waals surface area contributed by atoms with Crippen LogP contribution in [0.5, 0.6) is 0 Å². The maximum Gasteiger partial charge on any atom is 0.155 e. The molecule has 3 rings (SSSR count). The van der Waals surface area contributed by atoms with Gasteiger partial charge in [0, 0.05) is 36.1 Å². The van der Waals surface area contributed by atoms with Crippen molar-refractivity contribution >= 4 is 5.65 Å². The molecule has 1 saturated carbocycles. The molecule has 0 spiro atoms. The van der Waals surface area contributed by atoms with Crippen molar-refractivity contribution in [1.82, 2.24) is 19.9 Å². The zero-order valence-electron chi connectivity index (χ0n) is 12.8. The number of aromatic nitrogens is 3. The van der Waals surface area contributed by atoms with Crippen molar-refractivity contribution < 1.29 is 5.11 Å². The third-order valence-electron chi connectivity index (χ3n) is 4.69. The van der Waals surface area contributed by atoms with Crippen LogP contribution < -0.4 is 5.32 Å². The van der Waals surface area contributed by atoms with Gasteiger partial charge < -0.3 is 10.4 Å². The summed E-state index contributed by atoms with van der Waals surface area (Å²) in [7, 11) is 0. The van der Waals surface area contributed by atoms with Gasteiger partial charge in [-0.05, 0) is 38.5 Å². The molecule has 0 radical (unpaired) electrons. The Balaban J connectivity index is 1.69. The number of aliphatic hydroxyl groups excluding tert-OH is 1. The highest BCUT2D eigenvalue weighted by Gasteiger charge is 2.32. The molecule has 2 aromatic heterocycles. The smallest absolute Gasteiger partial charge is 0.155 e. The van der Waals surface area contributed by atoms with Crippen molar-refractivity contribution in [3.05, 3.63) is 29.7 Å². The van der Waals surface area contributed by atoms with Crippen molar-refractivity contribution in [3.8, 4) is 0 Å². The predicted molar refractivity (Wildman–Crippen MR) is 82.0 cm³/mol. The number of fused-ring (bicyclic) bond motifs is 1. The summed E-state index contributed by atoms with van der Waals surface area (Å²) in [5.41, 5.74) is 2.82. The van der Waals surface area contributed by atoms with Gasteiger partial charge in [0.05, 0.1) is 12.3 Å². The molecule has 1 aliphatic carbocycles. The second-order valence-electron chi connectivity index (χ2n) is 6.53. The first kappa shape index (κ1) is 14.5. The van der Waals surface area contributed by atoms with Crippen LogP contribution in [0.1, 0.15) is 43.9 Å². The number of rotatable bonds is 4. The monoisotopic (exact) mass is 288 g/mol. The first-order chi connectivity index (χ1) is 10.1. The molecule has 0 unspecified atom stereocenters. The number of aryl methyl sites for hydroxylation is 1. The summed E-state index contributed by atoms with van der Waals surface area (Å²) in [6.07, 6.45) is 8.35. The lowest BCUT2D eigenvalue weighted by molar-refractivity contribution is 0.104. The van der Waals surface area contributed by atoms with Gasteiger partial charge >= 0.3 is 0 Å². The molecule has 5 heteroatoms. The molecule has 0 saturated heterocycles. The lowest BCUT2D eigenvalue weighted by Crippen LogP contribution is -2.50. The first-order valence-corrected chi connectivity index (χ1v) is 7.77. The van der Waals surface area contributed by atoms with Gasteiger partial charge in [-0.25, -0.2) is 9.50 Å². The number of hydrogen-bond acceptors (Lipinski definition) is 4. The zero-order valence-corrected chi connectivity index (χ0v) is 12.8. The molecule has 5 nitrogen and oxygen atoms in total. The number of nitrogens with zero attached hydrogens (tertiary/aromatic N) is 3. The average molecular weight is 288 g/mol. The number of hydrogen-bond donors (Lipinski definition) is 2. The van der Waals surface area contributed by atoms with Crippen molar-refractivity contribution in [2.24, 2.45) is 5.92 Å². The van der Waals surface area contributed by atoms with Crippen LogP contribution in [0.15, 0.2) is 18.5 Å². The van der Waals surface area contributed by atoms with Gasteiger partial charge in [-0.3, -0.25) is 0 Å². The third-order valence-corrected chi connectivity index (χ3v) is 4.69. The van der Waals surface area contributed by atoms with E-state index in [9.17, 15) is 5.11 Å². The van der Waals surface area contributed by atoms with Gasteiger partial charge in [0.1, 0.15) is 0 Å². The van der Waals surface area contributed by atoms with E-state index in [1.54, 1.807) is 0 Å². The van der Waals surface area contributed by atoms with E-state index in [1.165, 1.54) is 12.8 Å². The molecule has 0 bridgehead atoms. The fourth-order valence-corrected chi connectivity index (χ4v) is 3.12. The number of aliphatic hydroxyl groups is 1. The third kappa shape index (κ3) is 3.09. The molecular weight excluding hydrogens is 264 g/mol. The van der Waals surface area contributed by atoms with E-state index in [-0.39, 0.29) is 12.1 Å². The van der Waals surface area contributed by atoms with E-state index < -0.39 is 0 Å². The molecule has 0 aromatic carbocycles. The van der Waals surface area contributed by atoms with Crippen LogP contribution in [0.3, 0.4) is 0 Å². The SMILES string of the molecule is Cc1cc2ncc(CNC3(CO)CCC(C)CC3)cn2n1. The van der Waals surface area contributed by atoms with Crippen LogP contribution in [-0.4, -0.2) is 31.9 Å². The molecule has 21 heavy (non-hydrogen) atoms. The Morgan fingerprint density at radius 3 is 2.90 bits per heavy atom. The van der Waals surface area contributed by atoms with E-state index in [1.807, 2.05) is 29.9 Å². The van der Waals surface area contributed by atoms with Gasteiger partial charge in [-0.1, -0.05) is 6.92 Å². The molecular formula is C16H24N4O. The maximum absolute atomic E-state index is 9.79. The Morgan fingerprint density at radius 1 is 1.43 bits per heavy atom. The average Bonchev–Trinajstić information content (AvgIpc) is 2.86. The Labute approximate surface area is 125 Å². The van der Waals surface area contributed by atoms with E-state index in [0.29, 0.717) is 0 Å². The Bertz CT molecular complexity index is 614. The van der Waals surface area contributed by atoms with Crippen LogP contribution in [0.25, 0.3) is 5.65 Å². The summed E-state index contributed by atoms with van der Waals surface area (Å²) in [5.74, 6) is 0.775. The van der Waals surface area contributed by atoms with E-state index in [2.05, 4.69) is 22.3 Å². The normalized spacial score (nSPS) is 26.3. The number of nitrogens with one attached hydrogen (secondary N) is 1. The molecule has 0 atom stereocenters. The molecule has 2 aromatic rings. The molecule has 1 aliphatic rings. The van der Waals surface area contributed by atoms with Crippen LogP contribution in [-0.2, 0) is 6.54 Å². The Hall–Kier alpha value is -1.46. The Kier molecular flexibility index (Phi) is 3.95. The summed E-state index contributed by atoms with van der Waals surface area (Å²) in [5, 5.41) is 17.7. The van der Waals surface area contributed by atoms with Crippen molar-refractivity contribution in [2.75, 3.05) is 6.61 Å². The van der Waals surface area contributed by atoms with Gasteiger partial charge in [0.2, 0.25) is 0 Å². The fourth-order valence-electron chi connectivity index (χ4n) is 3.12. The molecule has 0 amide bonds. The van der Waals surface area contributed by atoms with Crippen LogP contribution in [0.4, 0.5) is 0 Å². The maximum atomic E-state index is 9.79. The van der Waals surface area contributed by atoms with Crippen LogP contribution in [0.2, 0.25) is 0 Å². The van der Waals surface area contributed by atoms with E-state index in [0.717, 1.165) is 42.2 Å². The Morgan fingerprint density at radius 2 is 2.19 bits per heavy atom. The quantitative estimate of drug-likeness (QED) is 0.904. The largest absolute Gasteiger partial charge is 0.394 e. The minimum absolute atomic E-state index is 0.124. The fraction of sp³-hybridized carbons (Fsp3) is 0.625. The van der Waals surface area contributed by atoms with Gasteiger partial charge in [-0.2, -0.15) is 5.10 Å². The van der Waals surface area contributed by atoms with Gasteiger partial charge in [-0.15, -0.1) is 0 Å². The van der Waals surface area contributed by atoms with Crippen LogP contribution in [0, 0.1) is 12.8 Å². The zero-order chi connectivity index (χ0) is 14.9. The lowest BCUT2D eigenvalue weighted by atomic mass is 9.77. The second kappa shape index (κ2) is 5.73. The highest BCUT2D eigenvalue weighted by Crippen LogP contribution is 2.31. The highest BCUT2D eigenvalue weighted by molar-refractivity contribution is 5.38. The minimum Gasteiger partial charge on any atom is -0.394 e. The van der Waals surface area contributed by atoms with Crippen molar-refractivity contribution in [3.63, 3.8) is 0 Å². The second-order valence-corrected chi connectivity index (χ2v) is 6.53. The van der Waals surface area contributed by atoms with E-state index in [4.69, 9.17) is 0 Å². The summed E-state index contributed by atoms with van der Waals surface area (Å²) in [6.45, 7) is 5.18. The van der Waals surface area contributed by atoms with Gasteiger partial charge in [0.15, 0.2) is 5.65 Å². The van der Waals surface area contributed by atoms with Crippen molar-refractivity contribution in [2.45, 2.75) is 51.6 Å². The van der Waals surface area contributed by atoms with Gasteiger partial charge in [0.25, 0.3) is 0 Å². The minimum atomic E-state index is -0.124. The molecule has 2 heterocycles. The van der Waals surface area contributed by atoms with E-state index >= 15 is 0 Å². The molecule has 2 N–H and O–H groups in total. The summed E-state index contributed by atoms with van der Waals surface area (Å²) in [4.78, 5) is 4.42. The molecule has 0 aliphatic heterocycles. The predicted octanol–water partition coefficient (Wildman–Crippen LogP) is 2.07. The topological polar surface area (TPSA) is 62.5 Å². The lowest BCUT2D eigenvalue weighted by Gasteiger charge is -2.39. The molecule has 1 fully saturated rings. The summed E-state index contributed by atoms with van der Waals surface area (Å²) < 4.78 is 1.82. The highest BCUT2D eigenvalue weighted by atomic mass is 16.3. The summed E-state index contributed by atoms with van der Waals surface area (Å²) >= 11 is 0. The standard InChI is InChI=1S/C16H24N4O/c1-12-3-5-16(11-21,6-4-12)18-9-14-8-17-15-7-13(2)19-20(15)10-14/h7-8,10,12,18,21H,3-6,9,11H2,1-2H3. The molecule has 114 valence electrons. The first-order valence-electron chi connectivity index (χ1n) is 7.77. The van der Waals surface area contributed by atoms with Crippen LogP contribution >= 0.6 is 0 Å². The van der Waals surface area contributed by atoms with Crippen molar-refractivity contribution in [1.29, 1.82) is 0 Å². The summed E-state index contributed by atoms with van der Waals surface area (Å²) in [6, 6.07) is 1.97.